The lowest BCUT2D eigenvalue weighted by Crippen LogP contribution is -2.45. The van der Waals surface area contributed by atoms with Gasteiger partial charge in [0.15, 0.2) is 5.11 Å². The molecule has 0 saturated heterocycles. The van der Waals surface area contributed by atoms with Crippen LogP contribution in [0, 0.1) is 0 Å². The Morgan fingerprint density at radius 3 is 2.58 bits per heavy atom. The van der Waals surface area contributed by atoms with E-state index in [0.29, 0.717) is 28.4 Å². The number of benzene rings is 2. The monoisotopic (exact) mass is 468 g/mol. The van der Waals surface area contributed by atoms with Gasteiger partial charge in [-0.2, -0.15) is 4.98 Å². The van der Waals surface area contributed by atoms with Crippen molar-refractivity contribution >= 4 is 46.3 Å². The van der Waals surface area contributed by atoms with Crippen molar-refractivity contribution in [2.24, 2.45) is 0 Å². The van der Waals surface area contributed by atoms with E-state index < -0.39 is 0 Å². The van der Waals surface area contributed by atoms with E-state index in [1.54, 1.807) is 11.8 Å². The molecule has 0 aliphatic carbocycles. The number of rotatable bonds is 6. The third-order valence-corrected chi connectivity index (χ3v) is 6.45. The third kappa shape index (κ3) is 4.39. The highest BCUT2D eigenvalue weighted by molar-refractivity contribution is 7.98. The van der Waals surface area contributed by atoms with E-state index in [1.807, 2.05) is 72.7 Å². The molecule has 158 valence electrons. The Balaban J connectivity index is 1.78. The molecule has 0 spiro atoms. The molecule has 1 unspecified atom stereocenters. The van der Waals surface area contributed by atoms with Crippen LogP contribution in [0.25, 0.3) is 17.0 Å². The van der Waals surface area contributed by atoms with Crippen LogP contribution in [0.1, 0.15) is 24.4 Å². The van der Waals surface area contributed by atoms with Crippen LogP contribution < -0.4 is 5.32 Å². The normalized spacial score (nSPS) is 16.4. The molecule has 0 radical (unpaired) electrons. The van der Waals surface area contributed by atoms with Crippen molar-refractivity contribution in [1.82, 2.24) is 20.4 Å². The Labute approximate surface area is 196 Å². The highest BCUT2D eigenvalue weighted by Gasteiger charge is 2.33. The molecule has 31 heavy (non-hydrogen) atoms. The van der Waals surface area contributed by atoms with E-state index in [0.717, 1.165) is 22.4 Å². The van der Waals surface area contributed by atoms with Gasteiger partial charge in [0.2, 0.25) is 5.82 Å². The van der Waals surface area contributed by atoms with Gasteiger partial charge in [0.05, 0.1) is 11.6 Å². The summed E-state index contributed by atoms with van der Waals surface area (Å²) in [5, 5.41) is 8.94. The van der Waals surface area contributed by atoms with Gasteiger partial charge < -0.3 is 14.7 Å². The number of thioether (sulfide) groups is 1. The second-order valence-corrected chi connectivity index (χ2v) is 8.69. The summed E-state index contributed by atoms with van der Waals surface area (Å²) in [6.45, 7) is 6.43. The molecule has 1 aliphatic rings. The van der Waals surface area contributed by atoms with Crippen molar-refractivity contribution in [2.45, 2.75) is 17.9 Å². The van der Waals surface area contributed by atoms with Gasteiger partial charge in [0, 0.05) is 27.7 Å². The first-order valence-corrected chi connectivity index (χ1v) is 11.7. The molecule has 0 bridgehead atoms. The Hall–Kier alpha value is -2.61. The van der Waals surface area contributed by atoms with Crippen molar-refractivity contribution < 1.29 is 4.52 Å². The second kappa shape index (κ2) is 9.26. The van der Waals surface area contributed by atoms with Gasteiger partial charge in [-0.15, -0.1) is 18.3 Å². The molecule has 4 rings (SSSR count). The number of nitrogens with zero attached hydrogens (tertiary/aromatic N) is 3. The minimum atomic E-state index is -0.238. The highest BCUT2D eigenvalue weighted by Crippen LogP contribution is 2.37. The zero-order valence-corrected chi connectivity index (χ0v) is 19.5. The number of allylic oxidation sites excluding steroid dienone is 1. The van der Waals surface area contributed by atoms with Gasteiger partial charge in [-0.3, -0.25) is 0 Å². The summed E-state index contributed by atoms with van der Waals surface area (Å²) in [7, 11) is 0. The lowest BCUT2D eigenvalue weighted by molar-refractivity contribution is 0.399. The van der Waals surface area contributed by atoms with Crippen LogP contribution in [0.5, 0.6) is 0 Å². The first-order chi connectivity index (χ1) is 15.0. The minimum absolute atomic E-state index is 0.238. The summed E-state index contributed by atoms with van der Waals surface area (Å²) in [5.41, 5.74) is 3.72. The largest absolute Gasteiger partial charge is 0.351 e. The first-order valence-electron chi connectivity index (χ1n) is 9.65. The van der Waals surface area contributed by atoms with Gasteiger partial charge in [0.25, 0.3) is 5.89 Å². The van der Waals surface area contributed by atoms with Crippen molar-refractivity contribution in [2.75, 3.05) is 12.8 Å². The molecule has 3 aromatic rings. The second-order valence-electron chi connectivity index (χ2n) is 6.98. The topological polar surface area (TPSA) is 54.2 Å². The van der Waals surface area contributed by atoms with Crippen molar-refractivity contribution in [3.05, 3.63) is 83.4 Å². The fraction of sp³-hybridized carbons (Fsp3) is 0.174. The average molecular weight is 469 g/mol. The summed E-state index contributed by atoms with van der Waals surface area (Å²) < 4.78 is 5.74. The fourth-order valence-electron chi connectivity index (χ4n) is 3.50. The maximum Gasteiger partial charge on any atom is 0.258 e. The number of halogens is 1. The van der Waals surface area contributed by atoms with Crippen molar-refractivity contribution in [3.8, 4) is 11.4 Å². The van der Waals surface area contributed by atoms with E-state index in [4.69, 9.17) is 33.3 Å². The quantitative estimate of drug-likeness (QED) is 0.272. The molecule has 8 heteroatoms. The molecule has 1 atom stereocenters. The summed E-state index contributed by atoms with van der Waals surface area (Å²) in [6.07, 6.45) is 3.85. The molecular formula is C23H21ClN4OS2. The van der Waals surface area contributed by atoms with Crippen LogP contribution in [0.2, 0.25) is 5.02 Å². The molecule has 2 heterocycles. The summed E-state index contributed by atoms with van der Waals surface area (Å²) in [4.78, 5) is 7.87. The Kier molecular flexibility index (Phi) is 6.46. The van der Waals surface area contributed by atoms with E-state index in [1.165, 1.54) is 4.90 Å². The molecule has 0 amide bonds. The van der Waals surface area contributed by atoms with Gasteiger partial charge in [-0.1, -0.05) is 35.0 Å². The molecule has 5 nitrogen and oxygen atoms in total. The zero-order chi connectivity index (χ0) is 22.0. The van der Waals surface area contributed by atoms with E-state index in [2.05, 4.69) is 17.1 Å². The van der Waals surface area contributed by atoms with Crippen molar-refractivity contribution in [1.29, 1.82) is 0 Å². The first kappa shape index (κ1) is 21.6. The average Bonchev–Trinajstić information content (AvgIpc) is 3.26. The van der Waals surface area contributed by atoms with E-state index in [9.17, 15) is 0 Å². The molecular weight excluding hydrogens is 448 g/mol. The van der Waals surface area contributed by atoms with Crippen LogP contribution in [0.4, 0.5) is 0 Å². The van der Waals surface area contributed by atoms with E-state index in [-0.39, 0.29) is 6.04 Å². The van der Waals surface area contributed by atoms with Crippen LogP contribution in [-0.4, -0.2) is 33.0 Å². The fourth-order valence-corrected chi connectivity index (χ4v) is 4.37. The minimum Gasteiger partial charge on any atom is -0.351 e. The van der Waals surface area contributed by atoms with Crippen LogP contribution >= 0.6 is 35.6 Å². The van der Waals surface area contributed by atoms with E-state index >= 15 is 0 Å². The Morgan fingerprint density at radius 2 is 1.94 bits per heavy atom. The lowest BCUT2D eigenvalue weighted by Gasteiger charge is -2.36. The Bertz CT molecular complexity index is 1140. The predicted molar refractivity (Wildman–Crippen MR) is 131 cm³/mol. The summed E-state index contributed by atoms with van der Waals surface area (Å²) in [5.74, 6) is 0.992. The molecule has 1 aliphatic heterocycles. The Morgan fingerprint density at radius 1 is 1.23 bits per heavy atom. The molecule has 2 aromatic carbocycles. The third-order valence-electron chi connectivity index (χ3n) is 5.12. The van der Waals surface area contributed by atoms with Gasteiger partial charge >= 0.3 is 0 Å². The zero-order valence-electron chi connectivity index (χ0n) is 17.1. The molecule has 1 aromatic heterocycles. The summed E-state index contributed by atoms with van der Waals surface area (Å²) in [6, 6.07) is 15.5. The predicted octanol–water partition coefficient (Wildman–Crippen LogP) is 5.96. The highest BCUT2D eigenvalue weighted by atomic mass is 35.5. The number of nitrogens with one attached hydrogen (secondary N) is 1. The maximum absolute atomic E-state index is 6.10. The number of hydrogen-bond acceptors (Lipinski definition) is 5. The molecule has 0 saturated carbocycles. The molecule has 0 fully saturated rings. The number of hydrogen-bond donors (Lipinski definition) is 1. The number of thiocarbonyl (C=S) groups is 1. The van der Waals surface area contributed by atoms with Gasteiger partial charge in [0.1, 0.15) is 0 Å². The van der Waals surface area contributed by atoms with Crippen LogP contribution in [-0.2, 0) is 0 Å². The van der Waals surface area contributed by atoms with Gasteiger partial charge in [-0.05, 0) is 67.4 Å². The number of aromatic nitrogens is 2. The maximum atomic E-state index is 6.10. The SMILES string of the molecule is C=CCN1C(=S)NC(c2ccc(Cl)cc2)C(c2nc(-c3ccc(SC)cc3)no2)=C1C. The molecule has 1 N–H and O–H groups in total. The van der Waals surface area contributed by atoms with Crippen LogP contribution in [0.15, 0.2) is 76.3 Å². The smallest absolute Gasteiger partial charge is 0.258 e. The van der Waals surface area contributed by atoms with Gasteiger partial charge in [-0.25, -0.2) is 0 Å². The lowest BCUT2D eigenvalue weighted by atomic mass is 9.95. The standard InChI is InChI=1S/C23H21ClN4OS2/c1-4-13-28-14(2)19(20(25-23(28)30)15-5-9-17(24)10-6-15)22-26-21(27-29-22)16-7-11-18(31-3)12-8-16/h4-12,20H,1,13H2,2-3H3,(H,25,30). The summed E-state index contributed by atoms with van der Waals surface area (Å²) >= 11 is 13.4. The van der Waals surface area contributed by atoms with Crippen LogP contribution in [0.3, 0.4) is 0 Å². The van der Waals surface area contributed by atoms with Crippen molar-refractivity contribution in [3.63, 3.8) is 0 Å².